The predicted octanol–water partition coefficient (Wildman–Crippen LogP) is 2.56. The van der Waals surface area contributed by atoms with Crippen molar-refractivity contribution in [1.82, 2.24) is 9.80 Å². The van der Waals surface area contributed by atoms with Crippen molar-refractivity contribution in [3.05, 3.63) is 0 Å². The second kappa shape index (κ2) is 6.02. The standard InChI is InChI=1S/C15H26N2O3/c1-15(13(18)19)9-5-6-10-17(15)14(20)16(2)11-12-7-3-4-8-12/h12H,3-11H2,1-2H3,(H,18,19). The van der Waals surface area contributed by atoms with Crippen LogP contribution in [-0.4, -0.2) is 52.6 Å². The zero-order chi connectivity index (χ0) is 14.8. The average molecular weight is 282 g/mol. The fraction of sp³-hybridized carbons (Fsp3) is 0.867. The number of urea groups is 1. The number of carbonyl (C=O) groups is 2. The molecule has 0 aromatic carbocycles. The Hall–Kier alpha value is -1.26. The molecular formula is C15H26N2O3. The molecule has 0 aromatic rings. The highest BCUT2D eigenvalue weighted by Crippen LogP contribution is 2.30. The van der Waals surface area contributed by atoms with Gasteiger partial charge in [-0.25, -0.2) is 9.59 Å². The van der Waals surface area contributed by atoms with Gasteiger partial charge in [0.05, 0.1) is 0 Å². The maximum absolute atomic E-state index is 12.6. The highest BCUT2D eigenvalue weighted by Gasteiger charge is 2.44. The van der Waals surface area contributed by atoms with Crippen LogP contribution < -0.4 is 0 Å². The van der Waals surface area contributed by atoms with Crippen molar-refractivity contribution < 1.29 is 14.7 Å². The molecule has 1 heterocycles. The molecular weight excluding hydrogens is 256 g/mol. The number of likely N-dealkylation sites (tertiary alicyclic amines) is 1. The molecule has 5 heteroatoms. The van der Waals surface area contributed by atoms with Gasteiger partial charge >= 0.3 is 12.0 Å². The number of aliphatic carboxylic acids is 1. The van der Waals surface area contributed by atoms with Gasteiger partial charge in [0.1, 0.15) is 5.54 Å². The first kappa shape index (κ1) is 15.1. The fourth-order valence-corrected chi connectivity index (χ4v) is 3.51. The first-order valence-corrected chi connectivity index (χ1v) is 7.71. The van der Waals surface area contributed by atoms with Crippen LogP contribution in [0.25, 0.3) is 0 Å². The van der Waals surface area contributed by atoms with E-state index >= 15 is 0 Å². The van der Waals surface area contributed by atoms with E-state index in [-0.39, 0.29) is 6.03 Å². The Labute approximate surface area is 120 Å². The quantitative estimate of drug-likeness (QED) is 0.865. The van der Waals surface area contributed by atoms with Crippen LogP contribution in [0.5, 0.6) is 0 Å². The summed E-state index contributed by atoms with van der Waals surface area (Å²) >= 11 is 0. The number of carboxylic acids is 1. The molecule has 1 unspecified atom stereocenters. The zero-order valence-corrected chi connectivity index (χ0v) is 12.6. The molecule has 2 rings (SSSR count). The van der Waals surface area contributed by atoms with E-state index in [4.69, 9.17) is 0 Å². The number of hydrogen-bond donors (Lipinski definition) is 1. The molecule has 1 saturated heterocycles. The van der Waals surface area contributed by atoms with Gasteiger partial charge in [0.2, 0.25) is 0 Å². The van der Waals surface area contributed by atoms with E-state index in [1.807, 2.05) is 0 Å². The van der Waals surface area contributed by atoms with E-state index in [1.165, 1.54) is 25.7 Å². The molecule has 1 saturated carbocycles. The Bertz CT molecular complexity index is 379. The van der Waals surface area contributed by atoms with Crippen LogP contribution >= 0.6 is 0 Å². The second-order valence-electron chi connectivity index (χ2n) is 6.50. The summed E-state index contributed by atoms with van der Waals surface area (Å²) in [7, 11) is 1.80. The topological polar surface area (TPSA) is 60.9 Å². The van der Waals surface area contributed by atoms with Gasteiger partial charge < -0.3 is 14.9 Å². The van der Waals surface area contributed by atoms with E-state index in [2.05, 4.69) is 0 Å². The van der Waals surface area contributed by atoms with Crippen molar-refractivity contribution in [2.45, 2.75) is 57.4 Å². The third-order valence-corrected chi connectivity index (χ3v) is 4.92. The largest absolute Gasteiger partial charge is 0.480 e. The molecule has 114 valence electrons. The van der Waals surface area contributed by atoms with Crippen LogP contribution in [0.15, 0.2) is 0 Å². The van der Waals surface area contributed by atoms with Crippen molar-refractivity contribution in [1.29, 1.82) is 0 Å². The number of carboxylic acid groups (broad SMARTS) is 1. The summed E-state index contributed by atoms with van der Waals surface area (Å²) in [4.78, 5) is 27.4. The summed E-state index contributed by atoms with van der Waals surface area (Å²) in [5.74, 6) is -0.301. The lowest BCUT2D eigenvalue weighted by Gasteiger charge is -2.43. The summed E-state index contributed by atoms with van der Waals surface area (Å²) in [6.07, 6.45) is 7.20. The molecule has 0 aromatic heterocycles. The van der Waals surface area contributed by atoms with Crippen LogP contribution in [0.4, 0.5) is 4.79 Å². The Morgan fingerprint density at radius 3 is 2.50 bits per heavy atom. The van der Waals surface area contributed by atoms with E-state index in [9.17, 15) is 14.7 Å². The van der Waals surface area contributed by atoms with E-state index in [0.29, 0.717) is 18.9 Å². The van der Waals surface area contributed by atoms with Gasteiger partial charge in [0, 0.05) is 20.1 Å². The molecule has 1 aliphatic carbocycles. The van der Waals surface area contributed by atoms with E-state index < -0.39 is 11.5 Å². The van der Waals surface area contributed by atoms with Crippen molar-refractivity contribution in [2.24, 2.45) is 5.92 Å². The van der Waals surface area contributed by atoms with Gasteiger partial charge in [-0.2, -0.15) is 0 Å². The smallest absolute Gasteiger partial charge is 0.329 e. The van der Waals surface area contributed by atoms with Gasteiger partial charge in [0.25, 0.3) is 0 Å². The van der Waals surface area contributed by atoms with Crippen LogP contribution in [0.3, 0.4) is 0 Å². The van der Waals surface area contributed by atoms with Crippen LogP contribution in [0.1, 0.15) is 51.9 Å². The monoisotopic (exact) mass is 282 g/mol. The number of hydrogen-bond acceptors (Lipinski definition) is 2. The highest BCUT2D eigenvalue weighted by molar-refractivity contribution is 5.86. The molecule has 1 N–H and O–H groups in total. The van der Waals surface area contributed by atoms with Crippen molar-refractivity contribution in [2.75, 3.05) is 20.1 Å². The predicted molar refractivity (Wildman–Crippen MR) is 76.6 cm³/mol. The zero-order valence-electron chi connectivity index (χ0n) is 12.6. The lowest BCUT2D eigenvalue weighted by Crippen LogP contribution is -2.60. The summed E-state index contributed by atoms with van der Waals surface area (Å²) in [5, 5.41) is 9.47. The minimum absolute atomic E-state index is 0.124. The maximum Gasteiger partial charge on any atom is 0.329 e. The molecule has 2 amide bonds. The lowest BCUT2D eigenvalue weighted by atomic mass is 9.89. The second-order valence-corrected chi connectivity index (χ2v) is 6.50. The van der Waals surface area contributed by atoms with Gasteiger partial charge in [0.15, 0.2) is 0 Å². The average Bonchev–Trinajstić information content (AvgIpc) is 2.91. The fourth-order valence-electron chi connectivity index (χ4n) is 3.51. The normalized spacial score (nSPS) is 27.6. The minimum atomic E-state index is -1.04. The minimum Gasteiger partial charge on any atom is -0.480 e. The third kappa shape index (κ3) is 2.91. The Balaban J connectivity index is 2.03. The molecule has 1 aliphatic heterocycles. The molecule has 0 bridgehead atoms. The van der Waals surface area contributed by atoms with Gasteiger partial charge in [-0.3, -0.25) is 0 Å². The Kier molecular flexibility index (Phi) is 4.55. The van der Waals surface area contributed by atoms with E-state index in [1.54, 1.807) is 23.8 Å². The van der Waals surface area contributed by atoms with E-state index in [0.717, 1.165) is 19.4 Å². The van der Waals surface area contributed by atoms with Crippen molar-refractivity contribution in [3.8, 4) is 0 Å². The molecule has 2 aliphatic rings. The number of rotatable bonds is 3. The molecule has 20 heavy (non-hydrogen) atoms. The molecule has 0 radical (unpaired) electrons. The Morgan fingerprint density at radius 2 is 1.90 bits per heavy atom. The van der Waals surface area contributed by atoms with Gasteiger partial charge in [-0.15, -0.1) is 0 Å². The molecule has 2 fully saturated rings. The highest BCUT2D eigenvalue weighted by atomic mass is 16.4. The lowest BCUT2D eigenvalue weighted by molar-refractivity contribution is -0.150. The number of carbonyl (C=O) groups excluding carboxylic acids is 1. The first-order chi connectivity index (χ1) is 9.45. The molecule has 1 atom stereocenters. The van der Waals surface area contributed by atoms with Crippen LogP contribution in [0.2, 0.25) is 0 Å². The number of piperidine rings is 1. The number of amides is 2. The number of nitrogens with zero attached hydrogens (tertiary/aromatic N) is 2. The summed E-state index contributed by atoms with van der Waals surface area (Å²) in [5.41, 5.74) is -1.04. The van der Waals surface area contributed by atoms with Crippen molar-refractivity contribution in [3.63, 3.8) is 0 Å². The SMILES string of the molecule is CN(CC1CCCC1)C(=O)N1CCCCC1(C)C(=O)O. The summed E-state index contributed by atoms with van der Waals surface area (Å²) in [6.45, 7) is 2.98. The Morgan fingerprint density at radius 1 is 1.25 bits per heavy atom. The van der Waals surface area contributed by atoms with Crippen LogP contribution in [0, 0.1) is 5.92 Å². The first-order valence-electron chi connectivity index (χ1n) is 7.71. The summed E-state index contributed by atoms with van der Waals surface area (Å²) < 4.78 is 0. The summed E-state index contributed by atoms with van der Waals surface area (Å²) in [6, 6.07) is -0.124. The van der Waals surface area contributed by atoms with Gasteiger partial charge in [-0.1, -0.05) is 12.8 Å². The molecule has 5 nitrogen and oxygen atoms in total. The van der Waals surface area contributed by atoms with Gasteiger partial charge in [-0.05, 0) is 44.9 Å². The third-order valence-electron chi connectivity index (χ3n) is 4.92. The van der Waals surface area contributed by atoms with Crippen molar-refractivity contribution >= 4 is 12.0 Å². The maximum atomic E-state index is 12.6. The molecule has 0 spiro atoms. The van der Waals surface area contributed by atoms with Crippen LogP contribution in [-0.2, 0) is 4.79 Å².